The minimum Gasteiger partial charge on any atom is -0.258 e. The number of halogens is 3. The molecule has 1 rings (SSSR count). The minimum atomic E-state index is -1.09. The second-order valence-corrected chi connectivity index (χ2v) is 3.06. The first-order valence-electron chi connectivity index (χ1n) is 3.64. The zero-order valence-electron chi connectivity index (χ0n) is 7.60. The molecule has 88 valence electrons. The predicted octanol–water partition coefficient (Wildman–Crippen LogP) is 3.06. The molecule has 9 heteroatoms. The summed E-state index contributed by atoms with van der Waals surface area (Å²) in [7, 11) is 0. The van der Waals surface area contributed by atoms with Gasteiger partial charge in [0.2, 0.25) is 5.82 Å². The highest BCUT2D eigenvalue weighted by atomic mass is 35.5. The van der Waals surface area contributed by atoms with Crippen LogP contribution in [0, 0.1) is 26.0 Å². The molecule has 0 bridgehead atoms. The summed E-state index contributed by atoms with van der Waals surface area (Å²) in [6.07, 6.45) is 0. The highest BCUT2D eigenvalue weighted by Crippen LogP contribution is 2.22. The van der Waals surface area contributed by atoms with Crippen LogP contribution in [0.4, 0.5) is 15.8 Å². The lowest BCUT2D eigenvalue weighted by Crippen LogP contribution is -1.95. The van der Waals surface area contributed by atoms with E-state index in [2.05, 4.69) is 0 Å². The molecule has 0 unspecified atom stereocenters. The van der Waals surface area contributed by atoms with E-state index in [1.165, 1.54) is 0 Å². The summed E-state index contributed by atoms with van der Waals surface area (Å²) in [5.74, 6) is -1.09. The first kappa shape index (κ1) is 14.5. The molecule has 0 aromatic heterocycles. The van der Waals surface area contributed by atoms with E-state index < -0.39 is 27.0 Å². The maximum atomic E-state index is 12.6. The molecular weight excluding hydrogens is 266 g/mol. The van der Waals surface area contributed by atoms with E-state index in [1.54, 1.807) is 0 Å². The molecular formula is C7H5Cl2FN2O4. The van der Waals surface area contributed by atoms with E-state index in [9.17, 15) is 24.6 Å². The molecule has 16 heavy (non-hydrogen) atoms. The van der Waals surface area contributed by atoms with Crippen LogP contribution in [0.2, 0.25) is 0 Å². The van der Waals surface area contributed by atoms with E-state index in [4.69, 9.17) is 23.2 Å². The fourth-order valence-electron chi connectivity index (χ4n) is 0.755. The number of nitro groups is 2. The summed E-state index contributed by atoms with van der Waals surface area (Å²) in [6, 6.07) is 2.13. The topological polar surface area (TPSA) is 86.3 Å². The Kier molecular flexibility index (Phi) is 6.28. The van der Waals surface area contributed by atoms with E-state index in [-0.39, 0.29) is 5.34 Å². The largest absolute Gasteiger partial charge is 0.311 e. The van der Waals surface area contributed by atoms with Crippen molar-refractivity contribution in [2.24, 2.45) is 0 Å². The van der Waals surface area contributed by atoms with Gasteiger partial charge in [-0.1, -0.05) is 0 Å². The maximum absolute atomic E-state index is 12.6. The Balaban J connectivity index is 0.000000673. The van der Waals surface area contributed by atoms with Crippen molar-refractivity contribution in [3.63, 3.8) is 0 Å². The minimum absolute atomic E-state index is 0.194. The molecule has 0 radical (unpaired) electrons. The zero-order chi connectivity index (χ0) is 12.7. The number of rotatable bonds is 2. The van der Waals surface area contributed by atoms with Gasteiger partial charge < -0.3 is 0 Å². The normalized spacial score (nSPS) is 8.94. The molecule has 0 saturated carbocycles. The van der Waals surface area contributed by atoms with E-state index >= 15 is 0 Å². The molecule has 1 aromatic rings. The Morgan fingerprint density at radius 3 is 2.06 bits per heavy atom. The fourth-order valence-corrected chi connectivity index (χ4v) is 0.755. The van der Waals surface area contributed by atoms with Gasteiger partial charge in [0.05, 0.1) is 21.3 Å². The first-order chi connectivity index (χ1) is 7.43. The van der Waals surface area contributed by atoms with Crippen LogP contribution < -0.4 is 0 Å². The number of alkyl halides is 2. The van der Waals surface area contributed by atoms with Gasteiger partial charge >= 0.3 is 5.69 Å². The third-order valence-electron chi connectivity index (χ3n) is 1.34. The lowest BCUT2D eigenvalue weighted by Gasteiger charge is -1.93. The lowest BCUT2D eigenvalue weighted by molar-refractivity contribution is -0.395. The van der Waals surface area contributed by atoms with E-state index in [0.717, 1.165) is 6.07 Å². The SMILES string of the molecule is ClCCl.O=[N+]([O-])c1ccc(F)c([N+](=O)[O-])c1. The third kappa shape index (κ3) is 4.37. The molecule has 0 saturated heterocycles. The van der Waals surface area contributed by atoms with Crippen molar-refractivity contribution in [3.8, 4) is 0 Å². The average molecular weight is 271 g/mol. The lowest BCUT2D eigenvalue weighted by atomic mass is 10.3. The first-order valence-corrected chi connectivity index (χ1v) is 4.71. The van der Waals surface area contributed by atoms with E-state index in [0.29, 0.717) is 12.1 Å². The molecule has 0 heterocycles. The molecule has 0 N–H and O–H groups in total. The van der Waals surface area contributed by atoms with Crippen LogP contribution in [0.3, 0.4) is 0 Å². The Morgan fingerprint density at radius 1 is 1.19 bits per heavy atom. The van der Waals surface area contributed by atoms with E-state index in [1.807, 2.05) is 0 Å². The summed E-state index contributed by atoms with van der Waals surface area (Å²) < 4.78 is 12.6. The van der Waals surface area contributed by atoms with Crippen LogP contribution in [0.5, 0.6) is 0 Å². The number of nitro benzene ring substituents is 2. The number of hydrogen-bond acceptors (Lipinski definition) is 4. The Bertz CT molecular complexity index is 402. The number of hydrogen-bond donors (Lipinski definition) is 0. The molecule has 6 nitrogen and oxygen atoms in total. The van der Waals surface area contributed by atoms with Crippen molar-refractivity contribution in [2.75, 3.05) is 5.34 Å². The summed E-state index contributed by atoms with van der Waals surface area (Å²) in [4.78, 5) is 18.4. The van der Waals surface area contributed by atoms with Gasteiger partial charge in [-0.05, 0) is 6.07 Å². The molecule has 0 spiro atoms. The van der Waals surface area contributed by atoms with Crippen molar-refractivity contribution >= 4 is 34.6 Å². The third-order valence-corrected chi connectivity index (χ3v) is 1.34. The number of benzene rings is 1. The smallest absolute Gasteiger partial charge is 0.258 e. The van der Waals surface area contributed by atoms with Crippen molar-refractivity contribution in [1.29, 1.82) is 0 Å². The summed E-state index contributed by atoms with van der Waals surface area (Å²) >= 11 is 9.53. The summed E-state index contributed by atoms with van der Waals surface area (Å²) in [6.45, 7) is 0. The fraction of sp³-hybridized carbons (Fsp3) is 0.143. The van der Waals surface area contributed by atoms with Crippen LogP contribution in [-0.2, 0) is 0 Å². The standard InChI is InChI=1S/C6H3FN2O4.CH2Cl2/c7-5-2-1-4(8(10)11)3-6(5)9(12)13;2-1-3/h1-3H;1H2. The van der Waals surface area contributed by atoms with Gasteiger partial charge in [-0.25, -0.2) is 0 Å². The quantitative estimate of drug-likeness (QED) is 0.469. The van der Waals surface area contributed by atoms with Crippen molar-refractivity contribution in [3.05, 3.63) is 44.2 Å². The molecule has 0 aliphatic heterocycles. The van der Waals surface area contributed by atoms with Crippen molar-refractivity contribution < 1.29 is 14.2 Å². The van der Waals surface area contributed by atoms with Gasteiger partial charge in [-0.2, -0.15) is 4.39 Å². The van der Waals surface area contributed by atoms with Gasteiger partial charge in [-0.3, -0.25) is 20.2 Å². The highest BCUT2D eigenvalue weighted by molar-refractivity contribution is 6.40. The van der Waals surface area contributed by atoms with Gasteiger partial charge in [0, 0.05) is 6.07 Å². The molecule has 0 aliphatic carbocycles. The van der Waals surface area contributed by atoms with Gasteiger partial charge in [-0.15, -0.1) is 23.2 Å². The van der Waals surface area contributed by atoms with Crippen molar-refractivity contribution in [2.45, 2.75) is 0 Å². The Morgan fingerprint density at radius 2 is 1.69 bits per heavy atom. The monoisotopic (exact) mass is 270 g/mol. The number of non-ortho nitro benzene ring substituents is 1. The van der Waals surface area contributed by atoms with Crippen LogP contribution >= 0.6 is 23.2 Å². The maximum Gasteiger partial charge on any atom is 0.311 e. The van der Waals surface area contributed by atoms with Crippen molar-refractivity contribution in [1.82, 2.24) is 0 Å². The second-order valence-electron chi connectivity index (χ2n) is 2.25. The number of nitrogens with zero attached hydrogens (tertiary/aromatic N) is 2. The summed E-state index contributed by atoms with van der Waals surface area (Å²) in [5, 5.41) is 20.5. The zero-order valence-corrected chi connectivity index (χ0v) is 9.11. The van der Waals surface area contributed by atoms with Crippen LogP contribution in [0.15, 0.2) is 18.2 Å². The second kappa shape index (κ2) is 6.91. The molecule has 0 atom stereocenters. The van der Waals surface area contributed by atoms with Gasteiger partial charge in [0.1, 0.15) is 0 Å². The molecule has 1 aromatic carbocycles. The Labute approximate surface area is 98.9 Å². The van der Waals surface area contributed by atoms with Gasteiger partial charge in [0.25, 0.3) is 5.69 Å². The highest BCUT2D eigenvalue weighted by Gasteiger charge is 2.18. The predicted molar refractivity (Wildman–Crippen MR) is 56.3 cm³/mol. The Hall–Kier alpha value is -1.47. The van der Waals surface area contributed by atoms with Crippen LogP contribution in [0.1, 0.15) is 0 Å². The molecule has 0 fully saturated rings. The summed E-state index contributed by atoms with van der Waals surface area (Å²) in [5.41, 5.74) is -1.40. The average Bonchev–Trinajstić information content (AvgIpc) is 2.18. The molecule has 0 amide bonds. The molecule has 0 aliphatic rings. The van der Waals surface area contributed by atoms with Crippen LogP contribution in [0.25, 0.3) is 0 Å². The van der Waals surface area contributed by atoms with Crippen LogP contribution in [-0.4, -0.2) is 15.2 Å². The van der Waals surface area contributed by atoms with Gasteiger partial charge in [0.15, 0.2) is 0 Å².